The third-order valence-corrected chi connectivity index (χ3v) is 4.74. The number of halogens is 1. The fourth-order valence-electron chi connectivity index (χ4n) is 2.93. The SMILES string of the molecule is NC1=c2ccoc2=NCN1c1ccc(NC(=O)Nc2cc([N+](=O)[O-])ccc2Cl)cc1. The van der Waals surface area contributed by atoms with Gasteiger partial charge in [0, 0.05) is 23.5 Å². The van der Waals surface area contributed by atoms with E-state index in [0.717, 1.165) is 10.9 Å². The maximum Gasteiger partial charge on any atom is 0.323 e. The van der Waals surface area contributed by atoms with E-state index in [9.17, 15) is 14.9 Å². The molecule has 2 amide bonds. The van der Waals surface area contributed by atoms with Crippen LogP contribution in [0.15, 0.2) is 64.2 Å². The van der Waals surface area contributed by atoms with Crippen molar-refractivity contribution >= 4 is 46.2 Å². The van der Waals surface area contributed by atoms with Gasteiger partial charge in [-0.1, -0.05) is 11.6 Å². The van der Waals surface area contributed by atoms with Crippen LogP contribution < -0.4 is 32.0 Å². The number of nitrogens with one attached hydrogen (secondary N) is 2. The second-order valence-corrected chi connectivity index (χ2v) is 6.71. The highest BCUT2D eigenvalue weighted by Gasteiger charge is 2.16. The second kappa shape index (κ2) is 7.76. The van der Waals surface area contributed by atoms with Gasteiger partial charge in [0.25, 0.3) is 5.69 Å². The number of hydrogen-bond acceptors (Lipinski definition) is 7. The van der Waals surface area contributed by atoms with E-state index in [1.54, 1.807) is 30.3 Å². The van der Waals surface area contributed by atoms with E-state index in [1.165, 1.54) is 24.5 Å². The van der Waals surface area contributed by atoms with Crippen molar-refractivity contribution in [2.24, 2.45) is 10.7 Å². The number of rotatable bonds is 4. The highest BCUT2D eigenvalue weighted by Crippen LogP contribution is 2.27. The van der Waals surface area contributed by atoms with E-state index in [1.807, 2.05) is 4.90 Å². The first-order valence-electron chi connectivity index (χ1n) is 8.70. The van der Waals surface area contributed by atoms with Gasteiger partial charge in [-0.05, 0) is 36.4 Å². The number of amides is 2. The molecule has 0 aliphatic carbocycles. The highest BCUT2D eigenvalue weighted by atomic mass is 35.5. The van der Waals surface area contributed by atoms with Gasteiger partial charge in [0.1, 0.15) is 12.5 Å². The number of benzene rings is 2. The molecule has 0 radical (unpaired) electrons. The normalized spacial score (nSPS) is 12.7. The molecule has 152 valence electrons. The van der Waals surface area contributed by atoms with Gasteiger partial charge in [-0.15, -0.1) is 0 Å². The van der Waals surface area contributed by atoms with Crippen LogP contribution in [0.3, 0.4) is 0 Å². The minimum atomic E-state index is -0.591. The molecule has 2 aromatic carbocycles. The summed E-state index contributed by atoms with van der Waals surface area (Å²) >= 11 is 6.00. The number of carbonyl (C=O) groups excluding carboxylic acids is 1. The number of nitro groups is 1. The summed E-state index contributed by atoms with van der Waals surface area (Å²) in [6, 6.07) is 11.9. The minimum absolute atomic E-state index is 0.133. The zero-order chi connectivity index (χ0) is 21.3. The Hall–Kier alpha value is -4.05. The predicted molar refractivity (Wildman–Crippen MR) is 112 cm³/mol. The molecule has 30 heavy (non-hydrogen) atoms. The Labute approximate surface area is 174 Å². The lowest BCUT2D eigenvalue weighted by molar-refractivity contribution is -0.384. The van der Waals surface area contributed by atoms with Crippen LogP contribution in [0.5, 0.6) is 0 Å². The Morgan fingerprint density at radius 1 is 1.20 bits per heavy atom. The molecular weight excluding hydrogens is 412 g/mol. The fraction of sp³-hybridized carbons (Fsp3) is 0.0526. The molecule has 0 saturated heterocycles. The van der Waals surface area contributed by atoms with Crippen LogP contribution in [-0.2, 0) is 0 Å². The highest BCUT2D eigenvalue weighted by molar-refractivity contribution is 6.33. The molecule has 0 unspecified atom stereocenters. The van der Waals surface area contributed by atoms with Crippen LogP contribution in [0, 0.1) is 10.1 Å². The van der Waals surface area contributed by atoms with Gasteiger partial charge in [-0.2, -0.15) is 0 Å². The average Bonchev–Trinajstić information content (AvgIpc) is 3.20. The lowest BCUT2D eigenvalue weighted by atomic mass is 10.2. The van der Waals surface area contributed by atoms with Crippen LogP contribution in [-0.4, -0.2) is 17.6 Å². The number of non-ortho nitro benzene ring substituents is 1. The number of urea groups is 1. The second-order valence-electron chi connectivity index (χ2n) is 6.30. The van der Waals surface area contributed by atoms with E-state index < -0.39 is 11.0 Å². The van der Waals surface area contributed by atoms with Crippen LogP contribution in [0.2, 0.25) is 5.02 Å². The summed E-state index contributed by atoms with van der Waals surface area (Å²) in [6.07, 6.45) is 1.53. The van der Waals surface area contributed by atoms with Crippen LogP contribution in [0.25, 0.3) is 5.82 Å². The number of furan rings is 1. The Bertz CT molecular complexity index is 1250. The maximum atomic E-state index is 12.3. The first kappa shape index (κ1) is 19.3. The Morgan fingerprint density at radius 2 is 1.97 bits per heavy atom. The van der Waals surface area contributed by atoms with Crippen molar-refractivity contribution < 1.29 is 14.1 Å². The van der Waals surface area contributed by atoms with Gasteiger partial charge >= 0.3 is 6.03 Å². The number of carbonyl (C=O) groups is 1. The Balaban J connectivity index is 1.46. The molecule has 11 heteroatoms. The van der Waals surface area contributed by atoms with E-state index in [0.29, 0.717) is 23.7 Å². The molecule has 4 rings (SSSR count). The number of hydrogen-bond donors (Lipinski definition) is 3. The number of nitrogens with two attached hydrogens (primary N) is 1. The molecule has 10 nitrogen and oxygen atoms in total. The molecule has 1 aliphatic rings. The number of nitrogens with zero attached hydrogens (tertiary/aromatic N) is 3. The number of anilines is 3. The molecule has 0 saturated carbocycles. The van der Waals surface area contributed by atoms with Crippen molar-refractivity contribution in [1.82, 2.24) is 0 Å². The summed E-state index contributed by atoms with van der Waals surface area (Å²) in [7, 11) is 0. The Kier molecular flexibility index (Phi) is 4.98. The van der Waals surface area contributed by atoms with Crippen molar-refractivity contribution in [3.63, 3.8) is 0 Å². The molecule has 0 fully saturated rings. The number of nitro benzene ring substituents is 1. The quantitative estimate of drug-likeness (QED) is 0.433. The zero-order valence-corrected chi connectivity index (χ0v) is 16.1. The van der Waals surface area contributed by atoms with Gasteiger partial charge in [0.05, 0.1) is 27.1 Å². The largest absolute Gasteiger partial charge is 0.446 e. The standard InChI is InChI=1S/C19H15ClN6O4/c20-15-6-5-13(26(28)29)9-16(15)24-19(27)23-11-1-3-12(4-2-11)25-10-22-18-14(17(25)21)7-8-30-18/h1-9H,10,21H2,(H2,23,24,27). The van der Waals surface area contributed by atoms with Crippen molar-refractivity contribution in [3.05, 3.63) is 80.7 Å². The van der Waals surface area contributed by atoms with E-state index in [2.05, 4.69) is 15.6 Å². The van der Waals surface area contributed by atoms with Gasteiger partial charge in [0.2, 0.25) is 5.55 Å². The van der Waals surface area contributed by atoms with Crippen LogP contribution in [0.4, 0.5) is 27.5 Å². The minimum Gasteiger partial charge on any atom is -0.446 e. The maximum absolute atomic E-state index is 12.3. The summed E-state index contributed by atoms with van der Waals surface area (Å²) in [6.45, 7) is 0.310. The van der Waals surface area contributed by atoms with E-state index >= 15 is 0 Å². The number of fused-ring (bicyclic) bond motifs is 1. The van der Waals surface area contributed by atoms with Crippen LogP contribution >= 0.6 is 11.6 Å². The fourth-order valence-corrected chi connectivity index (χ4v) is 3.09. The third-order valence-electron chi connectivity index (χ3n) is 4.41. The molecule has 0 bridgehead atoms. The molecule has 1 aliphatic heterocycles. The van der Waals surface area contributed by atoms with E-state index in [4.69, 9.17) is 21.8 Å². The lowest BCUT2D eigenvalue weighted by Crippen LogP contribution is -2.42. The van der Waals surface area contributed by atoms with Gasteiger partial charge in [0.15, 0.2) is 0 Å². The summed E-state index contributed by atoms with van der Waals surface area (Å²) < 4.78 is 5.26. The van der Waals surface area contributed by atoms with Gasteiger partial charge in [-0.25, -0.2) is 9.79 Å². The average molecular weight is 427 g/mol. The molecule has 1 aromatic heterocycles. The first-order chi connectivity index (χ1) is 14.4. The van der Waals surface area contributed by atoms with Crippen LogP contribution in [0.1, 0.15) is 0 Å². The molecule has 0 atom stereocenters. The van der Waals surface area contributed by atoms with Crippen molar-refractivity contribution in [2.75, 3.05) is 22.2 Å². The van der Waals surface area contributed by atoms with Gasteiger partial charge in [-0.3, -0.25) is 10.1 Å². The predicted octanol–water partition coefficient (Wildman–Crippen LogP) is 2.61. The van der Waals surface area contributed by atoms with Crippen molar-refractivity contribution in [1.29, 1.82) is 0 Å². The van der Waals surface area contributed by atoms with E-state index in [-0.39, 0.29) is 16.4 Å². The summed E-state index contributed by atoms with van der Waals surface area (Å²) in [5.41, 5.74) is 7.95. The first-order valence-corrected chi connectivity index (χ1v) is 9.07. The summed E-state index contributed by atoms with van der Waals surface area (Å²) in [5.74, 6) is 0.521. The smallest absolute Gasteiger partial charge is 0.323 e. The third kappa shape index (κ3) is 3.76. The molecule has 0 spiro atoms. The monoisotopic (exact) mass is 426 g/mol. The van der Waals surface area contributed by atoms with Crippen molar-refractivity contribution in [3.8, 4) is 0 Å². The molecule has 2 heterocycles. The lowest BCUT2D eigenvalue weighted by Gasteiger charge is -2.24. The molecular formula is C19H15ClN6O4. The summed E-state index contributed by atoms with van der Waals surface area (Å²) in [4.78, 5) is 28.7. The molecule has 3 aromatic rings. The topological polar surface area (TPSA) is 139 Å². The molecule has 4 N–H and O–H groups in total. The van der Waals surface area contributed by atoms with Crippen molar-refractivity contribution in [2.45, 2.75) is 0 Å². The summed E-state index contributed by atoms with van der Waals surface area (Å²) in [5, 5.41) is 16.9. The van der Waals surface area contributed by atoms with Gasteiger partial charge < -0.3 is 25.7 Å². The Morgan fingerprint density at radius 3 is 2.70 bits per heavy atom. The zero-order valence-electron chi connectivity index (χ0n) is 15.3.